The van der Waals surface area contributed by atoms with E-state index in [4.69, 9.17) is 4.52 Å². The van der Waals surface area contributed by atoms with Crippen molar-refractivity contribution in [2.75, 3.05) is 0 Å². The predicted octanol–water partition coefficient (Wildman–Crippen LogP) is 3.90. The van der Waals surface area contributed by atoms with Crippen LogP contribution in [0.15, 0.2) is 28.8 Å². The average Bonchev–Trinajstić information content (AvgIpc) is 2.75. The van der Waals surface area contributed by atoms with Gasteiger partial charge in [0.2, 0.25) is 11.7 Å². The molecule has 2 aromatic rings. The van der Waals surface area contributed by atoms with Crippen LogP contribution in [-0.4, -0.2) is 16.5 Å². The van der Waals surface area contributed by atoms with Crippen LogP contribution in [0.3, 0.4) is 0 Å². The van der Waals surface area contributed by atoms with E-state index in [1.165, 1.54) is 24.3 Å². The number of rotatable bonds is 3. The van der Waals surface area contributed by atoms with Crippen LogP contribution in [-0.2, 0) is 0 Å². The van der Waals surface area contributed by atoms with Gasteiger partial charge in [0.15, 0.2) is 0 Å². The smallest absolute Gasteiger partial charge is 0.406 e. The molecule has 1 saturated carbocycles. The highest BCUT2D eigenvalue weighted by Gasteiger charge is 2.31. The standard InChI is InChI=1S/C13H11F3N2O2/c14-13(15,16)19-10-6-4-8(5-7-10)11-17-12(20-18-11)9-2-1-3-9/h4-7,9H,1-3H2. The molecule has 1 aromatic heterocycles. The van der Waals surface area contributed by atoms with Crippen LogP contribution >= 0.6 is 0 Å². The predicted molar refractivity (Wildman–Crippen MR) is 63.0 cm³/mol. The van der Waals surface area contributed by atoms with Crippen LogP contribution in [0.4, 0.5) is 13.2 Å². The Morgan fingerprint density at radius 3 is 2.40 bits per heavy atom. The topological polar surface area (TPSA) is 48.2 Å². The summed E-state index contributed by atoms with van der Waals surface area (Å²) in [6.07, 6.45) is -1.45. The van der Waals surface area contributed by atoms with E-state index in [9.17, 15) is 13.2 Å². The van der Waals surface area contributed by atoms with Gasteiger partial charge in [-0.25, -0.2) is 0 Å². The summed E-state index contributed by atoms with van der Waals surface area (Å²) < 4.78 is 45.1. The first-order valence-corrected chi connectivity index (χ1v) is 6.21. The molecule has 1 aromatic carbocycles. The van der Waals surface area contributed by atoms with Gasteiger partial charge < -0.3 is 9.26 Å². The van der Waals surface area contributed by atoms with Crippen molar-refractivity contribution in [2.45, 2.75) is 31.5 Å². The molecule has 3 rings (SSSR count). The van der Waals surface area contributed by atoms with Gasteiger partial charge in [-0.1, -0.05) is 11.6 Å². The van der Waals surface area contributed by atoms with Crippen molar-refractivity contribution < 1.29 is 22.4 Å². The zero-order valence-corrected chi connectivity index (χ0v) is 10.4. The van der Waals surface area contributed by atoms with Crippen LogP contribution in [0, 0.1) is 0 Å². The monoisotopic (exact) mass is 284 g/mol. The van der Waals surface area contributed by atoms with Crippen molar-refractivity contribution >= 4 is 0 Å². The van der Waals surface area contributed by atoms with Crippen molar-refractivity contribution in [1.29, 1.82) is 0 Å². The van der Waals surface area contributed by atoms with Gasteiger partial charge in [0.05, 0.1) is 0 Å². The van der Waals surface area contributed by atoms with Gasteiger partial charge in [0, 0.05) is 11.5 Å². The maximum absolute atomic E-state index is 12.0. The van der Waals surface area contributed by atoms with Crippen LogP contribution in [0.2, 0.25) is 0 Å². The summed E-state index contributed by atoms with van der Waals surface area (Å²) in [5.74, 6) is 1.03. The highest BCUT2D eigenvalue weighted by molar-refractivity contribution is 5.55. The molecule has 1 heterocycles. The van der Waals surface area contributed by atoms with Crippen molar-refractivity contribution in [3.8, 4) is 17.1 Å². The third-order valence-corrected chi connectivity index (χ3v) is 3.24. The molecule has 106 valence electrons. The summed E-state index contributed by atoms with van der Waals surface area (Å²) in [6.45, 7) is 0. The maximum Gasteiger partial charge on any atom is 0.573 e. The quantitative estimate of drug-likeness (QED) is 0.857. The van der Waals surface area contributed by atoms with Gasteiger partial charge in [-0.15, -0.1) is 13.2 Å². The lowest BCUT2D eigenvalue weighted by atomic mass is 9.85. The summed E-state index contributed by atoms with van der Waals surface area (Å²) in [7, 11) is 0. The molecule has 0 amide bonds. The molecule has 7 heteroatoms. The molecule has 1 aliphatic carbocycles. The average molecular weight is 284 g/mol. The first-order valence-electron chi connectivity index (χ1n) is 6.21. The Balaban J connectivity index is 1.75. The fourth-order valence-corrected chi connectivity index (χ4v) is 1.98. The maximum atomic E-state index is 12.0. The van der Waals surface area contributed by atoms with Crippen molar-refractivity contribution in [3.63, 3.8) is 0 Å². The summed E-state index contributed by atoms with van der Waals surface area (Å²) in [5, 5.41) is 3.84. The SMILES string of the molecule is FC(F)(F)Oc1ccc(-c2noc(C3CCC3)n2)cc1. The Labute approximate surface area is 112 Å². The van der Waals surface area contributed by atoms with E-state index in [2.05, 4.69) is 14.9 Å². The lowest BCUT2D eigenvalue weighted by molar-refractivity contribution is -0.274. The molecule has 0 saturated heterocycles. The van der Waals surface area contributed by atoms with Crippen LogP contribution in [0.25, 0.3) is 11.4 Å². The van der Waals surface area contributed by atoms with E-state index in [1.807, 2.05) is 0 Å². The minimum absolute atomic E-state index is 0.274. The largest absolute Gasteiger partial charge is 0.573 e. The van der Waals surface area contributed by atoms with Gasteiger partial charge in [-0.2, -0.15) is 4.98 Å². The minimum Gasteiger partial charge on any atom is -0.406 e. The third-order valence-electron chi connectivity index (χ3n) is 3.24. The number of ether oxygens (including phenoxy) is 1. The summed E-state index contributed by atoms with van der Waals surface area (Å²) in [4.78, 5) is 4.27. The van der Waals surface area contributed by atoms with Gasteiger partial charge >= 0.3 is 6.36 Å². The molecular formula is C13H11F3N2O2. The first-order chi connectivity index (χ1) is 9.51. The number of halogens is 3. The number of aromatic nitrogens is 2. The fourth-order valence-electron chi connectivity index (χ4n) is 1.98. The highest BCUT2D eigenvalue weighted by atomic mass is 19.4. The highest BCUT2D eigenvalue weighted by Crippen LogP contribution is 2.36. The van der Waals surface area contributed by atoms with E-state index in [-0.39, 0.29) is 5.75 Å². The van der Waals surface area contributed by atoms with E-state index in [1.54, 1.807) is 0 Å². The van der Waals surface area contributed by atoms with Gasteiger partial charge in [-0.3, -0.25) is 0 Å². The first kappa shape index (κ1) is 13.0. The Morgan fingerprint density at radius 1 is 1.15 bits per heavy atom. The number of benzene rings is 1. The molecule has 4 nitrogen and oxygen atoms in total. The van der Waals surface area contributed by atoms with E-state index in [0.717, 1.165) is 19.3 Å². The summed E-state index contributed by atoms with van der Waals surface area (Å²) in [5.41, 5.74) is 0.592. The van der Waals surface area contributed by atoms with E-state index < -0.39 is 6.36 Å². The Hall–Kier alpha value is -2.05. The second-order valence-corrected chi connectivity index (χ2v) is 4.66. The lowest BCUT2D eigenvalue weighted by Gasteiger charge is -2.20. The zero-order valence-electron chi connectivity index (χ0n) is 10.4. The molecular weight excluding hydrogens is 273 g/mol. The van der Waals surface area contributed by atoms with Crippen LogP contribution in [0.1, 0.15) is 31.1 Å². The normalized spacial score (nSPS) is 15.9. The Bertz CT molecular complexity index is 588. The van der Waals surface area contributed by atoms with Crippen LogP contribution in [0.5, 0.6) is 5.75 Å². The molecule has 0 spiro atoms. The fraction of sp³-hybridized carbons (Fsp3) is 0.385. The van der Waals surface area contributed by atoms with Crippen molar-refractivity contribution in [3.05, 3.63) is 30.2 Å². The zero-order chi connectivity index (χ0) is 14.2. The minimum atomic E-state index is -4.69. The second-order valence-electron chi connectivity index (χ2n) is 4.66. The Morgan fingerprint density at radius 2 is 1.85 bits per heavy atom. The molecule has 0 unspecified atom stereocenters. The van der Waals surface area contributed by atoms with Crippen molar-refractivity contribution in [1.82, 2.24) is 10.1 Å². The molecule has 0 bridgehead atoms. The van der Waals surface area contributed by atoms with Crippen LogP contribution < -0.4 is 4.74 Å². The molecule has 1 aliphatic rings. The van der Waals surface area contributed by atoms with Gasteiger partial charge in [0.25, 0.3) is 0 Å². The molecule has 0 aliphatic heterocycles. The van der Waals surface area contributed by atoms with E-state index >= 15 is 0 Å². The molecule has 0 N–H and O–H groups in total. The number of hydrogen-bond acceptors (Lipinski definition) is 4. The number of hydrogen-bond donors (Lipinski definition) is 0. The molecule has 0 atom stereocenters. The third kappa shape index (κ3) is 2.76. The number of nitrogens with zero attached hydrogens (tertiary/aromatic N) is 2. The second kappa shape index (κ2) is 4.81. The summed E-state index contributed by atoms with van der Waals surface area (Å²) in [6, 6.07) is 5.39. The molecule has 20 heavy (non-hydrogen) atoms. The van der Waals surface area contributed by atoms with Gasteiger partial charge in [0.1, 0.15) is 5.75 Å². The van der Waals surface area contributed by atoms with Crippen molar-refractivity contribution in [2.24, 2.45) is 0 Å². The molecule has 0 radical (unpaired) electrons. The van der Waals surface area contributed by atoms with Gasteiger partial charge in [-0.05, 0) is 37.1 Å². The Kier molecular flexibility index (Phi) is 3.11. The van der Waals surface area contributed by atoms with E-state index in [0.29, 0.717) is 23.2 Å². The lowest BCUT2D eigenvalue weighted by Crippen LogP contribution is -2.16. The summed E-state index contributed by atoms with van der Waals surface area (Å²) >= 11 is 0. The number of alkyl halides is 3. The molecule has 1 fully saturated rings.